The highest BCUT2D eigenvalue weighted by molar-refractivity contribution is 7.18. The smallest absolute Gasteiger partial charge is 0.354 e. The van der Waals surface area contributed by atoms with Gasteiger partial charge in [-0.25, -0.2) is 9.97 Å². The number of aromatic amines is 1. The predicted octanol–water partition coefficient (Wildman–Crippen LogP) is 5.01. The lowest BCUT2D eigenvalue weighted by Gasteiger charge is -2.38. The van der Waals surface area contributed by atoms with Crippen LogP contribution in [0.2, 0.25) is 0 Å². The average Bonchev–Trinajstić information content (AvgIpc) is 3.48. The number of hydrogen-bond acceptors (Lipinski definition) is 7. The molecule has 0 spiro atoms. The Morgan fingerprint density at radius 3 is 2.55 bits per heavy atom. The van der Waals surface area contributed by atoms with E-state index in [0.717, 1.165) is 27.5 Å². The van der Waals surface area contributed by atoms with Crippen molar-refractivity contribution in [2.75, 3.05) is 31.1 Å². The first kappa shape index (κ1) is 22.1. The zero-order valence-electron chi connectivity index (χ0n) is 17.6. The Hall–Kier alpha value is -2.76. The molecular weight excluding hydrogens is 471 g/mol. The van der Waals surface area contributed by atoms with E-state index in [4.69, 9.17) is 4.98 Å². The van der Waals surface area contributed by atoms with Gasteiger partial charge in [-0.2, -0.15) is 13.2 Å². The van der Waals surface area contributed by atoms with Gasteiger partial charge in [0, 0.05) is 48.2 Å². The molecule has 4 aromatic heterocycles. The number of halogens is 3. The summed E-state index contributed by atoms with van der Waals surface area (Å²) in [5.41, 5.74) is 0.0226. The van der Waals surface area contributed by atoms with Crippen LogP contribution in [-0.2, 0) is 6.18 Å². The number of hydrogen-bond donors (Lipinski definition) is 1. The van der Waals surface area contributed by atoms with Crippen molar-refractivity contribution in [2.45, 2.75) is 19.1 Å². The molecule has 4 aromatic rings. The van der Waals surface area contributed by atoms with Crippen LogP contribution in [0, 0.1) is 0 Å². The number of nitrogens with one attached hydrogen (secondary N) is 1. The summed E-state index contributed by atoms with van der Waals surface area (Å²) in [6.45, 7) is 4.60. The van der Waals surface area contributed by atoms with Gasteiger partial charge in [-0.3, -0.25) is 9.69 Å². The van der Waals surface area contributed by atoms with E-state index in [1.54, 1.807) is 11.3 Å². The second kappa shape index (κ2) is 8.54. The standard InChI is InChI=1S/C22H20F3N5OS2/c1-13(19-27-20(31)18-15(12-33-21(18)28-19)16-3-2-10-32-16)29-6-8-30(9-7-29)17-5-4-14(11-26-17)22(23,24)25/h2-5,10-13H,6-9H2,1H3,(H,27,28,31)/t13-/m0/s1. The first-order valence-electron chi connectivity index (χ1n) is 10.4. The molecule has 0 aromatic carbocycles. The van der Waals surface area contributed by atoms with Gasteiger partial charge in [0.25, 0.3) is 5.56 Å². The second-order valence-corrected chi connectivity index (χ2v) is 9.67. The number of thiophene rings is 2. The van der Waals surface area contributed by atoms with E-state index < -0.39 is 11.7 Å². The Labute approximate surface area is 195 Å². The van der Waals surface area contributed by atoms with Gasteiger partial charge < -0.3 is 9.88 Å². The quantitative estimate of drug-likeness (QED) is 0.435. The van der Waals surface area contributed by atoms with E-state index in [1.165, 1.54) is 17.4 Å². The topological polar surface area (TPSA) is 65.1 Å². The number of rotatable bonds is 4. The zero-order valence-corrected chi connectivity index (χ0v) is 19.2. The highest BCUT2D eigenvalue weighted by atomic mass is 32.1. The Morgan fingerprint density at radius 1 is 1.12 bits per heavy atom. The Morgan fingerprint density at radius 2 is 1.91 bits per heavy atom. The molecule has 1 saturated heterocycles. The molecule has 0 unspecified atom stereocenters. The van der Waals surface area contributed by atoms with Crippen molar-refractivity contribution >= 4 is 38.7 Å². The molecule has 6 nitrogen and oxygen atoms in total. The molecule has 5 rings (SSSR count). The minimum absolute atomic E-state index is 0.0999. The number of piperazine rings is 1. The van der Waals surface area contributed by atoms with Gasteiger partial charge >= 0.3 is 6.18 Å². The lowest BCUT2D eigenvalue weighted by molar-refractivity contribution is -0.137. The fourth-order valence-electron chi connectivity index (χ4n) is 4.03. The number of pyridine rings is 1. The van der Waals surface area contributed by atoms with E-state index in [0.29, 0.717) is 43.2 Å². The van der Waals surface area contributed by atoms with Gasteiger partial charge in [-0.15, -0.1) is 22.7 Å². The number of aromatic nitrogens is 3. The molecule has 0 aliphatic carbocycles. The second-order valence-electron chi connectivity index (χ2n) is 7.86. The van der Waals surface area contributed by atoms with Crippen LogP contribution in [0.1, 0.15) is 24.4 Å². The first-order chi connectivity index (χ1) is 15.8. The normalized spacial score (nSPS) is 16.4. The van der Waals surface area contributed by atoms with E-state index in [1.807, 2.05) is 34.7 Å². The zero-order chi connectivity index (χ0) is 23.2. The number of anilines is 1. The van der Waals surface area contributed by atoms with Gasteiger partial charge in [0.2, 0.25) is 0 Å². The Kier molecular flexibility index (Phi) is 5.71. The Bertz CT molecular complexity index is 1310. The van der Waals surface area contributed by atoms with Crippen molar-refractivity contribution in [1.82, 2.24) is 19.9 Å². The van der Waals surface area contributed by atoms with Crippen molar-refractivity contribution < 1.29 is 13.2 Å². The summed E-state index contributed by atoms with van der Waals surface area (Å²) < 4.78 is 38.3. The van der Waals surface area contributed by atoms with Crippen LogP contribution in [0.4, 0.5) is 19.0 Å². The van der Waals surface area contributed by atoms with E-state index in [-0.39, 0.29) is 11.6 Å². The molecule has 0 radical (unpaired) electrons. The van der Waals surface area contributed by atoms with E-state index >= 15 is 0 Å². The van der Waals surface area contributed by atoms with Crippen LogP contribution in [0.3, 0.4) is 0 Å². The van der Waals surface area contributed by atoms with Crippen molar-refractivity contribution in [2.24, 2.45) is 0 Å². The molecule has 0 saturated carbocycles. The lowest BCUT2D eigenvalue weighted by Crippen LogP contribution is -2.47. The fourth-order valence-corrected chi connectivity index (χ4v) is 5.80. The minimum atomic E-state index is -4.39. The molecule has 172 valence electrons. The number of fused-ring (bicyclic) bond motifs is 1. The predicted molar refractivity (Wildman–Crippen MR) is 125 cm³/mol. The molecule has 1 aliphatic rings. The highest BCUT2D eigenvalue weighted by Gasteiger charge is 2.31. The first-order valence-corrected chi connectivity index (χ1v) is 12.1. The maximum atomic E-state index is 12.9. The van der Waals surface area contributed by atoms with Crippen LogP contribution in [0.15, 0.2) is 46.0 Å². The van der Waals surface area contributed by atoms with Crippen molar-refractivity contribution in [3.05, 3.63) is 63.0 Å². The lowest BCUT2D eigenvalue weighted by atomic mass is 10.2. The molecule has 1 aliphatic heterocycles. The molecule has 11 heteroatoms. The van der Waals surface area contributed by atoms with Crippen LogP contribution < -0.4 is 10.5 Å². The molecule has 1 fully saturated rings. The summed E-state index contributed by atoms with van der Waals surface area (Å²) in [5, 5.41) is 4.58. The average molecular weight is 492 g/mol. The summed E-state index contributed by atoms with van der Waals surface area (Å²) in [5.74, 6) is 1.15. The van der Waals surface area contributed by atoms with E-state index in [9.17, 15) is 18.0 Å². The van der Waals surface area contributed by atoms with Crippen molar-refractivity contribution in [3.8, 4) is 10.4 Å². The third-order valence-corrected chi connectivity index (χ3v) is 7.68. The Balaban J connectivity index is 1.30. The summed E-state index contributed by atoms with van der Waals surface area (Å²) in [4.78, 5) is 30.5. The molecule has 33 heavy (non-hydrogen) atoms. The summed E-state index contributed by atoms with van der Waals surface area (Å²) in [6, 6.07) is 6.33. The maximum Gasteiger partial charge on any atom is 0.417 e. The van der Waals surface area contributed by atoms with Crippen LogP contribution >= 0.6 is 22.7 Å². The third-order valence-electron chi connectivity index (χ3n) is 5.91. The van der Waals surface area contributed by atoms with Crippen LogP contribution in [0.25, 0.3) is 20.7 Å². The summed E-state index contributed by atoms with van der Waals surface area (Å²) in [7, 11) is 0. The number of alkyl halides is 3. The molecule has 1 atom stereocenters. The molecule has 0 amide bonds. The summed E-state index contributed by atoms with van der Waals surface area (Å²) >= 11 is 3.06. The van der Waals surface area contributed by atoms with Gasteiger partial charge in [0.05, 0.1) is 17.0 Å². The fraction of sp³-hybridized carbons (Fsp3) is 0.318. The van der Waals surface area contributed by atoms with Crippen molar-refractivity contribution in [1.29, 1.82) is 0 Å². The minimum Gasteiger partial charge on any atom is -0.354 e. The van der Waals surface area contributed by atoms with Gasteiger partial charge in [0.15, 0.2) is 0 Å². The molecule has 1 N–H and O–H groups in total. The summed E-state index contributed by atoms with van der Waals surface area (Å²) in [6.07, 6.45) is -3.52. The van der Waals surface area contributed by atoms with Gasteiger partial charge in [-0.1, -0.05) is 6.07 Å². The highest BCUT2D eigenvalue weighted by Crippen LogP contribution is 2.34. The third kappa shape index (κ3) is 4.28. The van der Waals surface area contributed by atoms with Gasteiger partial charge in [-0.05, 0) is 30.5 Å². The molecule has 5 heterocycles. The van der Waals surface area contributed by atoms with E-state index in [2.05, 4.69) is 14.9 Å². The maximum absolute atomic E-state index is 12.9. The monoisotopic (exact) mass is 491 g/mol. The van der Waals surface area contributed by atoms with Crippen LogP contribution in [-0.4, -0.2) is 46.0 Å². The number of H-pyrrole nitrogens is 1. The van der Waals surface area contributed by atoms with Gasteiger partial charge in [0.1, 0.15) is 16.5 Å². The molecule has 0 bridgehead atoms. The van der Waals surface area contributed by atoms with Crippen LogP contribution in [0.5, 0.6) is 0 Å². The largest absolute Gasteiger partial charge is 0.417 e. The van der Waals surface area contributed by atoms with Crippen molar-refractivity contribution in [3.63, 3.8) is 0 Å². The SMILES string of the molecule is C[C@@H](c1nc2scc(-c3cccs3)c2c(=O)[nH]1)N1CCN(c2ccc(C(F)(F)F)cn2)CC1. The number of nitrogens with zero attached hydrogens (tertiary/aromatic N) is 4. The molecular formula is C22H20F3N5OS2.